The summed E-state index contributed by atoms with van der Waals surface area (Å²) in [7, 11) is 0. The van der Waals surface area contributed by atoms with Gasteiger partial charge in [0, 0.05) is 12.6 Å². The molecule has 1 aliphatic heterocycles. The van der Waals surface area contributed by atoms with Crippen molar-refractivity contribution in [1.29, 1.82) is 0 Å². The van der Waals surface area contributed by atoms with Gasteiger partial charge >= 0.3 is 0 Å². The van der Waals surface area contributed by atoms with Crippen LogP contribution in [0.3, 0.4) is 0 Å². The molecule has 1 saturated heterocycles. The van der Waals surface area contributed by atoms with E-state index >= 15 is 0 Å². The van der Waals surface area contributed by atoms with Crippen LogP contribution < -0.4 is 0 Å². The number of aliphatic hydroxyl groups excluding tert-OH is 1. The van der Waals surface area contributed by atoms with Crippen molar-refractivity contribution < 1.29 is 5.11 Å². The van der Waals surface area contributed by atoms with Gasteiger partial charge in [-0.25, -0.2) is 0 Å². The lowest BCUT2D eigenvalue weighted by Gasteiger charge is -2.31. The summed E-state index contributed by atoms with van der Waals surface area (Å²) < 4.78 is 0. The van der Waals surface area contributed by atoms with Gasteiger partial charge in [-0.3, -0.25) is 4.90 Å². The van der Waals surface area contributed by atoms with Crippen LogP contribution in [0.1, 0.15) is 50.5 Å². The highest BCUT2D eigenvalue weighted by Gasteiger charge is 2.30. The summed E-state index contributed by atoms with van der Waals surface area (Å²) >= 11 is 0. The Morgan fingerprint density at radius 1 is 1.26 bits per heavy atom. The Morgan fingerprint density at radius 3 is 2.74 bits per heavy atom. The van der Waals surface area contributed by atoms with Crippen LogP contribution >= 0.6 is 0 Å². The van der Waals surface area contributed by atoms with Crippen LogP contribution in [0.2, 0.25) is 0 Å². The predicted molar refractivity (Wildman–Crippen MR) is 80.4 cm³/mol. The standard InChI is InChI=1S/C17H27NO/c1-2-16(15-9-4-3-5-10-15)17-11-8-13-18(17)12-6-7-14-19/h3-5,9-10,16-17,19H,2,6-8,11-14H2,1H3. The lowest BCUT2D eigenvalue weighted by molar-refractivity contribution is 0.205. The summed E-state index contributed by atoms with van der Waals surface area (Å²) in [5.41, 5.74) is 1.49. The summed E-state index contributed by atoms with van der Waals surface area (Å²) in [6.45, 7) is 5.02. The highest BCUT2D eigenvalue weighted by atomic mass is 16.2. The molecular weight excluding hydrogens is 234 g/mol. The molecule has 1 N–H and O–H groups in total. The van der Waals surface area contributed by atoms with Gasteiger partial charge in [0.15, 0.2) is 0 Å². The molecule has 2 atom stereocenters. The third kappa shape index (κ3) is 3.80. The Kier molecular flexibility index (Phi) is 5.87. The molecule has 0 aromatic heterocycles. The topological polar surface area (TPSA) is 23.5 Å². The van der Waals surface area contributed by atoms with Gasteiger partial charge in [0.05, 0.1) is 0 Å². The zero-order valence-electron chi connectivity index (χ0n) is 12.1. The molecule has 2 heteroatoms. The van der Waals surface area contributed by atoms with E-state index in [1.807, 2.05) is 0 Å². The number of likely N-dealkylation sites (tertiary alicyclic amines) is 1. The number of rotatable bonds is 7. The average Bonchev–Trinajstić information content (AvgIpc) is 2.90. The van der Waals surface area contributed by atoms with E-state index in [0.29, 0.717) is 18.6 Å². The smallest absolute Gasteiger partial charge is 0.0431 e. The Morgan fingerprint density at radius 2 is 2.05 bits per heavy atom. The van der Waals surface area contributed by atoms with Crippen molar-refractivity contribution in [3.63, 3.8) is 0 Å². The average molecular weight is 261 g/mol. The van der Waals surface area contributed by atoms with E-state index in [1.54, 1.807) is 0 Å². The van der Waals surface area contributed by atoms with E-state index in [-0.39, 0.29) is 0 Å². The fourth-order valence-corrected chi connectivity index (χ4v) is 3.44. The van der Waals surface area contributed by atoms with E-state index in [4.69, 9.17) is 5.11 Å². The zero-order chi connectivity index (χ0) is 13.5. The first-order chi connectivity index (χ1) is 9.36. The molecule has 0 amide bonds. The SMILES string of the molecule is CCC(c1ccccc1)C1CCCN1CCCCO. The van der Waals surface area contributed by atoms with Crippen LogP contribution in [0, 0.1) is 0 Å². The molecule has 2 unspecified atom stereocenters. The van der Waals surface area contributed by atoms with Crippen molar-refractivity contribution in [3.05, 3.63) is 35.9 Å². The Hall–Kier alpha value is -0.860. The van der Waals surface area contributed by atoms with Gasteiger partial charge in [-0.15, -0.1) is 0 Å². The largest absolute Gasteiger partial charge is 0.396 e. The molecule has 106 valence electrons. The van der Waals surface area contributed by atoms with Crippen LogP contribution in [0.25, 0.3) is 0 Å². The van der Waals surface area contributed by atoms with Gasteiger partial charge in [0.1, 0.15) is 0 Å². The molecule has 0 radical (unpaired) electrons. The van der Waals surface area contributed by atoms with Crippen LogP contribution in [-0.2, 0) is 0 Å². The lowest BCUT2D eigenvalue weighted by Crippen LogP contribution is -2.35. The maximum Gasteiger partial charge on any atom is 0.0431 e. The monoisotopic (exact) mass is 261 g/mol. The third-order valence-corrected chi connectivity index (χ3v) is 4.40. The van der Waals surface area contributed by atoms with E-state index in [2.05, 4.69) is 42.2 Å². The molecule has 0 bridgehead atoms. The maximum atomic E-state index is 8.92. The van der Waals surface area contributed by atoms with Gasteiger partial charge in [-0.2, -0.15) is 0 Å². The van der Waals surface area contributed by atoms with E-state index in [9.17, 15) is 0 Å². The van der Waals surface area contributed by atoms with Crippen LogP contribution in [0.4, 0.5) is 0 Å². The maximum absolute atomic E-state index is 8.92. The minimum Gasteiger partial charge on any atom is -0.396 e. The molecular formula is C17H27NO. The quantitative estimate of drug-likeness (QED) is 0.760. The van der Waals surface area contributed by atoms with Crippen molar-refractivity contribution in [2.75, 3.05) is 19.7 Å². The number of aliphatic hydroxyl groups is 1. The molecule has 2 rings (SSSR count). The van der Waals surface area contributed by atoms with Crippen LogP contribution in [-0.4, -0.2) is 35.7 Å². The molecule has 1 aromatic rings. The van der Waals surface area contributed by atoms with Gasteiger partial charge < -0.3 is 5.11 Å². The third-order valence-electron chi connectivity index (χ3n) is 4.40. The molecule has 1 fully saturated rings. The molecule has 19 heavy (non-hydrogen) atoms. The van der Waals surface area contributed by atoms with Crippen LogP contribution in [0.5, 0.6) is 0 Å². The summed E-state index contributed by atoms with van der Waals surface area (Å²) in [5, 5.41) is 8.92. The molecule has 1 heterocycles. The number of unbranched alkanes of at least 4 members (excludes halogenated alkanes) is 1. The Bertz CT molecular complexity index is 352. The summed E-state index contributed by atoms with van der Waals surface area (Å²) in [6, 6.07) is 11.7. The molecule has 0 spiro atoms. The highest BCUT2D eigenvalue weighted by molar-refractivity contribution is 5.21. The Labute approximate surface area is 117 Å². The Balaban J connectivity index is 2.00. The van der Waals surface area contributed by atoms with Gasteiger partial charge in [-0.05, 0) is 56.7 Å². The number of nitrogens with zero attached hydrogens (tertiary/aromatic N) is 1. The van der Waals surface area contributed by atoms with Crippen molar-refractivity contribution in [3.8, 4) is 0 Å². The van der Waals surface area contributed by atoms with E-state index in [1.165, 1.54) is 31.4 Å². The molecule has 0 saturated carbocycles. The second-order valence-electron chi connectivity index (χ2n) is 5.60. The zero-order valence-corrected chi connectivity index (χ0v) is 12.1. The fraction of sp³-hybridized carbons (Fsp3) is 0.647. The number of hydrogen-bond donors (Lipinski definition) is 1. The normalized spacial score (nSPS) is 21.7. The minimum absolute atomic E-state index is 0.328. The van der Waals surface area contributed by atoms with Crippen molar-refractivity contribution in [2.24, 2.45) is 0 Å². The molecule has 2 nitrogen and oxygen atoms in total. The lowest BCUT2D eigenvalue weighted by atomic mass is 9.87. The van der Waals surface area contributed by atoms with Gasteiger partial charge in [0.25, 0.3) is 0 Å². The van der Waals surface area contributed by atoms with Gasteiger partial charge in [-0.1, -0.05) is 37.3 Å². The second-order valence-corrected chi connectivity index (χ2v) is 5.60. The fourth-order valence-electron chi connectivity index (χ4n) is 3.44. The van der Waals surface area contributed by atoms with E-state index < -0.39 is 0 Å². The van der Waals surface area contributed by atoms with Crippen molar-refractivity contribution in [1.82, 2.24) is 4.90 Å². The molecule has 1 aromatic carbocycles. The van der Waals surface area contributed by atoms with Gasteiger partial charge in [0.2, 0.25) is 0 Å². The van der Waals surface area contributed by atoms with Crippen molar-refractivity contribution in [2.45, 2.75) is 51.0 Å². The first-order valence-electron chi connectivity index (χ1n) is 7.76. The highest BCUT2D eigenvalue weighted by Crippen LogP contribution is 2.33. The predicted octanol–water partition coefficient (Wildman–Crippen LogP) is 3.42. The summed E-state index contributed by atoms with van der Waals surface area (Å²) in [4.78, 5) is 2.65. The van der Waals surface area contributed by atoms with Crippen LogP contribution in [0.15, 0.2) is 30.3 Å². The molecule has 1 aliphatic rings. The second kappa shape index (κ2) is 7.66. The first-order valence-corrected chi connectivity index (χ1v) is 7.76. The number of hydrogen-bond acceptors (Lipinski definition) is 2. The molecule has 0 aliphatic carbocycles. The van der Waals surface area contributed by atoms with E-state index in [0.717, 1.165) is 19.4 Å². The summed E-state index contributed by atoms with van der Waals surface area (Å²) in [6.07, 6.45) is 5.93. The minimum atomic E-state index is 0.328. The first kappa shape index (κ1) is 14.5. The summed E-state index contributed by atoms with van der Waals surface area (Å²) in [5.74, 6) is 0.665. The van der Waals surface area contributed by atoms with Crippen molar-refractivity contribution >= 4 is 0 Å². The number of benzene rings is 1.